The molecule has 3 N–H and O–H groups in total. The highest BCUT2D eigenvalue weighted by atomic mass is 32.1. The molecular weight excluding hydrogens is 372 g/mol. The molecule has 0 saturated carbocycles. The summed E-state index contributed by atoms with van der Waals surface area (Å²) in [6.07, 6.45) is 0.236. The molecule has 0 radical (unpaired) electrons. The summed E-state index contributed by atoms with van der Waals surface area (Å²) in [5, 5.41) is 12.7. The van der Waals surface area contributed by atoms with Gasteiger partial charge in [-0.05, 0) is 37.1 Å². The van der Waals surface area contributed by atoms with E-state index in [1.165, 1.54) is 23.5 Å². The summed E-state index contributed by atoms with van der Waals surface area (Å²) in [6.45, 7) is 2.00. The van der Waals surface area contributed by atoms with Crippen LogP contribution in [0, 0.1) is 18.6 Å². The van der Waals surface area contributed by atoms with Crippen LogP contribution in [-0.2, 0) is 13.5 Å². The van der Waals surface area contributed by atoms with Gasteiger partial charge in [0.05, 0.1) is 16.3 Å². The Kier molecular flexibility index (Phi) is 5.62. The Morgan fingerprint density at radius 2 is 2.00 bits per heavy atom. The number of carbonyl (C=O) groups excluding carboxylic acids is 1. The lowest BCUT2D eigenvalue weighted by atomic mass is 10.1. The summed E-state index contributed by atoms with van der Waals surface area (Å²) >= 11 is 1.30. The zero-order valence-electron chi connectivity index (χ0n) is 14.9. The third kappa shape index (κ3) is 4.37. The standard InChI is InChI=1S/C18H19F2N5OS/c1-10-17(25(2)24-23-10)12-6-16(27-9-12)18(26)22-15(8-21)5-11-3-13(19)7-14(20)4-11/h3-4,6-7,9,15H,5,8,21H2,1-2H3,(H,22,26)/t15-/m0/s1. The number of aryl methyl sites for hydroxylation is 2. The van der Waals surface area contributed by atoms with Crippen LogP contribution in [0.4, 0.5) is 8.78 Å². The van der Waals surface area contributed by atoms with Crippen LogP contribution in [0.5, 0.6) is 0 Å². The van der Waals surface area contributed by atoms with Gasteiger partial charge in [-0.3, -0.25) is 4.79 Å². The van der Waals surface area contributed by atoms with Crippen molar-refractivity contribution in [2.45, 2.75) is 19.4 Å². The van der Waals surface area contributed by atoms with Crippen LogP contribution < -0.4 is 11.1 Å². The fraction of sp³-hybridized carbons (Fsp3) is 0.278. The number of carbonyl (C=O) groups is 1. The summed E-state index contributed by atoms with van der Waals surface area (Å²) in [4.78, 5) is 13.1. The van der Waals surface area contributed by atoms with Crippen LogP contribution in [-0.4, -0.2) is 33.5 Å². The number of thiophene rings is 1. The van der Waals surface area contributed by atoms with E-state index in [1.54, 1.807) is 17.8 Å². The van der Waals surface area contributed by atoms with E-state index in [2.05, 4.69) is 15.6 Å². The first kappa shape index (κ1) is 19.1. The van der Waals surface area contributed by atoms with E-state index in [-0.39, 0.29) is 18.9 Å². The first-order valence-electron chi connectivity index (χ1n) is 8.28. The molecule has 1 aromatic carbocycles. The average molecular weight is 391 g/mol. The number of rotatable bonds is 6. The van der Waals surface area contributed by atoms with Gasteiger partial charge in [0.2, 0.25) is 0 Å². The molecule has 3 aromatic rings. The number of nitrogens with one attached hydrogen (secondary N) is 1. The predicted octanol–water partition coefficient (Wildman–Crippen LogP) is 2.43. The van der Waals surface area contributed by atoms with Gasteiger partial charge in [-0.1, -0.05) is 5.21 Å². The second kappa shape index (κ2) is 7.93. The predicted molar refractivity (Wildman–Crippen MR) is 99.4 cm³/mol. The number of hydrogen-bond acceptors (Lipinski definition) is 5. The molecule has 0 spiro atoms. The number of benzene rings is 1. The van der Waals surface area contributed by atoms with Crippen LogP contribution in [0.1, 0.15) is 20.9 Å². The zero-order chi connectivity index (χ0) is 19.6. The highest BCUT2D eigenvalue weighted by Gasteiger charge is 2.18. The number of amides is 1. The highest BCUT2D eigenvalue weighted by Crippen LogP contribution is 2.27. The van der Waals surface area contributed by atoms with Gasteiger partial charge >= 0.3 is 0 Å². The van der Waals surface area contributed by atoms with Gasteiger partial charge in [0.25, 0.3) is 5.91 Å². The van der Waals surface area contributed by atoms with Gasteiger partial charge in [0.1, 0.15) is 11.6 Å². The van der Waals surface area contributed by atoms with Gasteiger partial charge in [-0.25, -0.2) is 13.5 Å². The topological polar surface area (TPSA) is 85.8 Å². The number of hydrogen-bond donors (Lipinski definition) is 2. The van der Waals surface area contributed by atoms with Gasteiger partial charge < -0.3 is 11.1 Å². The van der Waals surface area contributed by atoms with E-state index in [9.17, 15) is 13.6 Å². The maximum Gasteiger partial charge on any atom is 0.261 e. The molecule has 9 heteroatoms. The molecular formula is C18H19F2N5OS. The van der Waals surface area contributed by atoms with E-state index < -0.39 is 17.7 Å². The van der Waals surface area contributed by atoms with Crippen LogP contribution in [0.25, 0.3) is 11.3 Å². The molecule has 2 aromatic heterocycles. The van der Waals surface area contributed by atoms with Crippen molar-refractivity contribution in [1.82, 2.24) is 20.3 Å². The van der Waals surface area contributed by atoms with Crippen molar-refractivity contribution in [3.05, 3.63) is 57.4 Å². The molecule has 0 aliphatic carbocycles. The second-order valence-corrected chi connectivity index (χ2v) is 7.15. The fourth-order valence-corrected chi connectivity index (χ4v) is 3.69. The maximum atomic E-state index is 13.3. The fourth-order valence-electron chi connectivity index (χ4n) is 2.90. The maximum absolute atomic E-state index is 13.3. The van der Waals surface area contributed by atoms with Gasteiger partial charge in [0.15, 0.2) is 0 Å². The molecule has 142 valence electrons. The monoisotopic (exact) mass is 391 g/mol. The molecule has 0 bridgehead atoms. The molecule has 0 aliphatic heterocycles. The lowest BCUT2D eigenvalue weighted by Crippen LogP contribution is -2.41. The second-order valence-electron chi connectivity index (χ2n) is 6.23. The van der Waals surface area contributed by atoms with Crippen molar-refractivity contribution < 1.29 is 13.6 Å². The number of aromatic nitrogens is 3. The molecule has 0 aliphatic rings. The average Bonchev–Trinajstić information content (AvgIpc) is 3.20. The first-order valence-corrected chi connectivity index (χ1v) is 9.16. The van der Waals surface area contributed by atoms with Crippen molar-refractivity contribution in [2.24, 2.45) is 12.8 Å². The Bertz CT molecular complexity index is 929. The minimum Gasteiger partial charge on any atom is -0.347 e. The Morgan fingerprint density at radius 1 is 1.30 bits per heavy atom. The van der Waals surface area contributed by atoms with Crippen LogP contribution in [0.15, 0.2) is 29.6 Å². The third-order valence-corrected chi connectivity index (χ3v) is 5.05. The van der Waals surface area contributed by atoms with E-state index in [0.717, 1.165) is 23.0 Å². The normalized spacial score (nSPS) is 12.2. The minimum absolute atomic E-state index is 0.146. The minimum atomic E-state index is -0.657. The van der Waals surface area contributed by atoms with Crippen molar-refractivity contribution in [3.63, 3.8) is 0 Å². The lowest BCUT2D eigenvalue weighted by Gasteiger charge is -2.16. The number of halogens is 2. The highest BCUT2D eigenvalue weighted by molar-refractivity contribution is 7.12. The quantitative estimate of drug-likeness (QED) is 0.676. The Balaban J connectivity index is 1.72. The van der Waals surface area contributed by atoms with E-state index >= 15 is 0 Å². The van der Waals surface area contributed by atoms with Gasteiger partial charge in [-0.2, -0.15) is 0 Å². The molecule has 0 saturated heterocycles. The molecule has 6 nitrogen and oxygen atoms in total. The molecule has 1 amide bonds. The smallest absolute Gasteiger partial charge is 0.261 e. The molecule has 0 fully saturated rings. The lowest BCUT2D eigenvalue weighted by molar-refractivity contribution is 0.0942. The van der Waals surface area contributed by atoms with Crippen LogP contribution in [0.2, 0.25) is 0 Å². The molecule has 1 atom stereocenters. The van der Waals surface area contributed by atoms with Crippen molar-refractivity contribution >= 4 is 17.2 Å². The summed E-state index contributed by atoms with van der Waals surface area (Å²) in [6, 6.07) is 4.60. The van der Waals surface area contributed by atoms with Crippen molar-refractivity contribution in [2.75, 3.05) is 6.54 Å². The summed E-state index contributed by atoms with van der Waals surface area (Å²) < 4.78 is 28.3. The zero-order valence-corrected chi connectivity index (χ0v) is 15.7. The summed E-state index contributed by atoms with van der Waals surface area (Å²) in [5.74, 6) is -1.60. The summed E-state index contributed by atoms with van der Waals surface area (Å²) in [7, 11) is 1.79. The summed E-state index contributed by atoms with van der Waals surface area (Å²) in [5.41, 5.74) is 8.63. The van der Waals surface area contributed by atoms with E-state index in [0.29, 0.717) is 10.4 Å². The Morgan fingerprint density at radius 3 is 2.59 bits per heavy atom. The molecule has 3 rings (SSSR count). The Hall–Kier alpha value is -2.65. The van der Waals surface area contributed by atoms with Gasteiger partial charge in [0, 0.05) is 36.6 Å². The molecule has 0 unspecified atom stereocenters. The van der Waals surface area contributed by atoms with Gasteiger partial charge in [-0.15, -0.1) is 16.4 Å². The molecule has 27 heavy (non-hydrogen) atoms. The number of nitrogens with two attached hydrogens (primary N) is 1. The Labute approximate surface area is 159 Å². The van der Waals surface area contributed by atoms with Crippen LogP contribution >= 0.6 is 11.3 Å². The molecule has 2 heterocycles. The van der Waals surface area contributed by atoms with E-state index in [4.69, 9.17) is 5.73 Å². The van der Waals surface area contributed by atoms with Crippen molar-refractivity contribution in [3.8, 4) is 11.3 Å². The largest absolute Gasteiger partial charge is 0.347 e. The number of nitrogens with zero attached hydrogens (tertiary/aromatic N) is 3. The van der Waals surface area contributed by atoms with E-state index in [1.807, 2.05) is 12.3 Å². The van der Waals surface area contributed by atoms with Crippen LogP contribution in [0.3, 0.4) is 0 Å². The van der Waals surface area contributed by atoms with Crippen molar-refractivity contribution in [1.29, 1.82) is 0 Å². The first-order chi connectivity index (χ1) is 12.9. The third-order valence-electron chi connectivity index (χ3n) is 4.12. The SMILES string of the molecule is Cc1nnn(C)c1-c1csc(C(=O)N[C@H](CN)Cc2cc(F)cc(F)c2)c1.